The van der Waals surface area contributed by atoms with Gasteiger partial charge in [-0.2, -0.15) is 0 Å². The average Bonchev–Trinajstić information content (AvgIpc) is 2.71. The summed E-state index contributed by atoms with van der Waals surface area (Å²) in [5, 5.41) is 0. The van der Waals surface area contributed by atoms with Gasteiger partial charge >= 0.3 is 0 Å². The highest BCUT2D eigenvalue weighted by atomic mass is 16.6. The Labute approximate surface area is 76.0 Å². The van der Waals surface area contributed by atoms with E-state index in [1.54, 1.807) is 18.2 Å². The topological polar surface area (TPSA) is 38.3 Å². The molecule has 1 atom stereocenters. The lowest BCUT2D eigenvalue weighted by atomic mass is 10.1. The highest BCUT2D eigenvalue weighted by Gasteiger charge is 2.19. The van der Waals surface area contributed by atoms with E-state index in [2.05, 4.69) is 5.48 Å². The molecule has 0 aromatic heterocycles. The molecule has 1 aromatic rings. The number of ketones is 1. The van der Waals surface area contributed by atoms with Gasteiger partial charge in [-0.05, 0) is 6.08 Å². The third-order valence-corrected chi connectivity index (χ3v) is 1.87. The first-order chi connectivity index (χ1) is 6.38. The van der Waals surface area contributed by atoms with Crippen LogP contribution in [0.2, 0.25) is 0 Å². The summed E-state index contributed by atoms with van der Waals surface area (Å²) in [5.74, 6) is 0.0225. The standard InChI is InChI=1S/C10H9NO2/c12-10(9-6-7-13-11-9)8-4-2-1-3-5-8/h1-7,9,11H. The van der Waals surface area contributed by atoms with Gasteiger partial charge < -0.3 is 4.84 Å². The van der Waals surface area contributed by atoms with E-state index in [1.807, 2.05) is 18.2 Å². The summed E-state index contributed by atoms with van der Waals surface area (Å²) in [6.45, 7) is 0. The maximum Gasteiger partial charge on any atom is 0.187 e. The van der Waals surface area contributed by atoms with Crippen LogP contribution in [0.5, 0.6) is 0 Å². The van der Waals surface area contributed by atoms with Crippen molar-refractivity contribution in [3.63, 3.8) is 0 Å². The number of hydroxylamine groups is 1. The summed E-state index contributed by atoms with van der Waals surface area (Å²) in [5.41, 5.74) is 3.28. The molecule has 0 saturated heterocycles. The number of hydrogen-bond donors (Lipinski definition) is 1. The Hall–Kier alpha value is -1.61. The molecule has 3 heteroatoms. The SMILES string of the molecule is O=C(c1ccccc1)C1C=CON1. The summed E-state index contributed by atoms with van der Waals surface area (Å²) < 4.78 is 0. The van der Waals surface area contributed by atoms with Crippen LogP contribution in [0.15, 0.2) is 42.7 Å². The lowest BCUT2D eigenvalue weighted by Crippen LogP contribution is -2.30. The number of carbonyl (C=O) groups is 1. The van der Waals surface area contributed by atoms with Gasteiger partial charge in [-0.3, -0.25) is 4.79 Å². The van der Waals surface area contributed by atoms with Gasteiger partial charge in [0.2, 0.25) is 0 Å². The first-order valence-corrected chi connectivity index (χ1v) is 4.05. The molecule has 0 bridgehead atoms. The summed E-state index contributed by atoms with van der Waals surface area (Å²) >= 11 is 0. The molecule has 0 radical (unpaired) electrons. The highest BCUT2D eigenvalue weighted by molar-refractivity contribution is 6.01. The molecule has 1 unspecified atom stereocenters. The van der Waals surface area contributed by atoms with Crippen LogP contribution in [0.1, 0.15) is 10.4 Å². The minimum Gasteiger partial charge on any atom is -0.416 e. The summed E-state index contributed by atoms with van der Waals surface area (Å²) in [6.07, 6.45) is 3.17. The summed E-state index contributed by atoms with van der Waals surface area (Å²) in [7, 11) is 0. The van der Waals surface area contributed by atoms with E-state index in [0.717, 1.165) is 0 Å². The van der Waals surface area contributed by atoms with Crippen molar-refractivity contribution >= 4 is 5.78 Å². The Bertz CT molecular complexity index is 332. The van der Waals surface area contributed by atoms with E-state index in [0.29, 0.717) is 5.56 Å². The van der Waals surface area contributed by atoms with Gasteiger partial charge in [-0.15, -0.1) is 5.48 Å². The van der Waals surface area contributed by atoms with Gasteiger partial charge in [0.1, 0.15) is 12.3 Å². The average molecular weight is 175 g/mol. The second kappa shape index (κ2) is 3.41. The second-order valence-corrected chi connectivity index (χ2v) is 2.77. The fourth-order valence-corrected chi connectivity index (χ4v) is 1.19. The van der Waals surface area contributed by atoms with E-state index in [1.165, 1.54) is 6.26 Å². The van der Waals surface area contributed by atoms with Crippen LogP contribution < -0.4 is 5.48 Å². The first kappa shape index (κ1) is 8.01. The minimum atomic E-state index is -0.345. The maximum atomic E-state index is 11.7. The molecule has 3 nitrogen and oxygen atoms in total. The Morgan fingerprint density at radius 2 is 2.08 bits per heavy atom. The van der Waals surface area contributed by atoms with Gasteiger partial charge in [0.05, 0.1) is 0 Å². The zero-order valence-electron chi connectivity index (χ0n) is 6.94. The van der Waals surface area contributed by atoms with Gasteiger partial charge in [0.25, 0.3) is 0 Å². The largest absolute Gasteiger partial charge is 0.416 e. The molecule has 2 rings (SSSR count). The van der Waals surface area contributed by atoms with Crippen molar-refractivity contribution in [1.82, 2.24) is 5.48 Å². The maximum absolute atomic E-state index is 11.7. The predicted octanol–water partition coefficient (Wildman–Crippen LogP) is 1.29. The first-order valence-electron chi connectivity index (χ1n) is 4.05. The van der Waals surface area contributed by atoms with E-state index < -0.39 is 0 Å². The number of hydrogen-bond acceptors (Lipinski definition) is 3. The number of Topliss-reactive ketones (excluding diaryl/α,β-unsaturated/α-hetero) is 1. The molecular formula is C10H9NO2. The van der Waals surface area contributed by atoms with Gasteiger partial charge in [-0.25, -0.2) is 0 Å². The molecule has 1 aliphatic heterocycles. The highest BCUT2D eigenvalue weighted by Crippen LogP contribution is 2.07. The minimum absolute atomic E-state index is 0.0225. The van der Waals surface area contributed by atoms with Crippen LogP contribution in [0.25, 0.3) is 0 Å². The van der Waals surface area contributed by atoms with Crippen molar-refractivity contribution in [2.75, 3.05) is 0 Å². The lowest BCUT2D eigenvalue weighted by molar-refractivity contribution is 0.0849. The van der Waals surface area contributed by atoms with Crippen LogP contribution in [0.4, 0.5) is 0 Å². The van der Waals surface area contributed by atoms with Crippen molar-refractivity contribution in [2.24, 2.45) is 0 Å². The third-order valence-electron chi connectivity index (χ3n) is 1.87. The van der Waals surface area contributed by atoms with Crippen LogP contribution in [-0.4, -0.2) is 11.8 Å². The molecule has 1 aromatic carbocycles. The van der Waals surface area contributed by atoms with Gasteiger partial charge in [0.15, 0.2) is 5.78 Å². The Morgan fingerprint density at radius 1 is 1.31 bits per heavy atom. The van der Waals surface area contributed by atoms with E-state index >= 15 is 0 Å². The van der Waals surface area contributed by atoms with Crippen molar-refractivity contribution in [2.45, 2.75) is 6.04 Å². The molecule has 0 spiro atoms. The molecule has 0 saturated carbocycles. The zero-order valence-corrected chi connectivity index (χ0v) is 6.94. The number of rotatable bonds is 2. The third kappa shape index (κ3) is 1.60. The zero-order chi connectivity index (χ0) is 9.10. The van der Waals surface area contributed by atoms with Crippen molar-refractivity contribution in [3.05, 3.63) is 48.2 Å². The quantitative estimate of drug-likeness (QED) is 0.688. The summed E-state index contributed by atoms with van der Waals surface area (Å²) in [6, 6.07) is 8.79. The van der Waals surface area contributed by atoms with Crippen molar-refractivity contribution in [1.29, 1.82) is 0 Å². The molecule has 1 heterocycles. The normalized spacial score (nSPS) is 19.8. The van der Waals surface area contributed by atoms with E-state index in [4.69, 9.17) is 4.84 Å². The summed E-state index contributed by atoms with van der Waals surface area (Å²) in [4.78, 5) is 16.4. The van der Waals surface area contributed by atoms with Crippen molar-refractivity contribution in [3.8, 4) is 0 Å². The predicted molar refractivity (Wildman–Crippen MR) is 47.9 cm³/mol. The smallest absolute Gasteiger partial charge is 0.187 e. The van der Waals surface area contributed by atoms with E-state index in [9.17, 15) is 4.79 Å². The monoisotopic (exact) mass is 175 g/mol. The lowest BCUT2D eigenvalue weighted by Gasteiger charge is -2.05. The number of nitrogens with one attached hydrogen (secondary N) is 1. The molecule has 0 aliphatic carbocycles. The van der Waals surface area contributed by atoms with Crippen molar-refractivity contribution < 1.29 is 9.63 Å². The fraction of sp³-hybridized carbons (Fsp3) is 0.100. The van der Waals surface area contributed by atoms with Gasteiger partial charge in [-0.1, -0.05) is 30.3 Å². The van der Waals surface area contributed by atoms with Crippen LogP contribution in [0, 0.1) is 0 Å². The molecule has 13 heavy (non-hydrogen) atoms. The second-order valence-electron chi connectivity index (χ2n) is 2.77. The molecular weight excluding hydrogens is 166 g/mol. The fourth-order valence-electron chi connectivity index (χ4n) is 1.19. The van der Waals surface area contributed by atoms with Crippen LogP contribution >= 0.6 is 0 Å². The van der Waals surface area contributed by atoms with Crippen LogP contribution in [-0.2, 0) is 4.84 Å². The Morgan fingerprint density at radius 3 is 2.69 bits per heavy atom. The Balaban J connectivity index is 2.18. The molecule has 66 valence electrons. The molecule has 1 N–H and O–H groups in total. The van der Waals surface area contributed by atoms with Crippen LogP contribution in [0.3, 0.4) is 0 Å². The molecule has 1 aliphatic rings. The Kier molecular flexibility index (Phi) is 2.10. The number of carbonyl (C=O) groups excluding carboxylic acids is 1. The molecule has 0 fully saturated rings. The van der Waals surface area contributed by atoms with Gasteiger partial charge in [0, 0.05) is 5.56 Å². The van der Waals surface area contributed by atoms with E-state index in [-0.39, 0.29) is 11.8 Å². The molecule has 0 amide bonds. The number of benzene rings is 1.